The van der Waals surface area contributed by atoms with E-state index in [-0.39, 0.29) is 11.5 Å². The van der Waals surface area contributed by atoms with Crippen LogP contribution < -0.4 is 10.5 Å². The van der Waals surface area contributed by atoms with E-state index in [1.807, 2.05) is 11.0 Å². The van der Waals surface area contributed by atoms with Crippen LogP contribution in [-0.2, 0) is 9.53 Å². The average molecular weight is 431 g/mol. The second-order valence-corrected chi connectivity index (χ2v) is 8.55. The fourth-order valence-electron chi connectivity index (χ4n) is 3.37. The fraction of sp³-hybridized carbons (Fsp3) is 0.400. The highest BCUT2D eigenvalue weighted by Gasteiger charge is 2.32. The number of rotatable bonds is 5. The van der Waals surface area contributed by atoms with Crippen LogP contribution in [0.25, 0.3) is 11.7 Å². The third kappa shape index (κ3) is 3.94. The minimum absolute atomic E-state index is 0.140. The van der Waals surface area contributed by atoms with Gasteiger partial charge in [-0.3, -0.25) is 18.9 Å². The number of aromatic nitrogens is 2. The van der Waals surface area contributed by atoms with E-state index in [0.717, 1.165) is 12.8 Å². The molecule has 2 saturated heterocycles. The minimum atomic E-state index is -0.198. The molecule has 2 aliphatic rings. The molecule has 4 heterocycles. The van der Waals surface area contributed by atoms with E-state index in [2.05, 4.69) is 6.92 Å². The van der Waals surface area contributed by atoms with Crippen LogP contribution in [0.4, 0.5) is 5.82 Å². The molecule has 1 amide bonds. The molecule has 2 fully saturated rings. The molecule has 0 atom stereocenters. The number of thiocarbonyl (C=S) groups is 1. The van der Waals surface area contributed by atoms with Crippen LogP contribution >= 0.6 is 24.0 Å². The average Bonchev–Trinajstić information content (AvgIpc) is 3.01. The molecule has 2 aromatic heterocycles. The molecule has 0 radical (unpaired) electrons. The van der Waals surface area contributed by atoms with Crippen LogP contribution in [0.2, 0.25) is 0 Å². The Morgan fingerprint density at radius 3 is 2.83 bits per heavy atom. The van der Waals surface area contributed by atoms with Crippen molar-refractivity contribution in [2.75, 3.05) is 37.7 Å². The summed E-state index contributed by atoms with van der Waals surface area (Å²) in [7, 11) is 0. The lowest BCUT2D eigenvalue weighted by molar-refractivity contribution is -0.122. The van der Waals surface area contributed by atoms with E-state index >= 15 is 0 Å². The van der Waals surface area contributed by atoms with Crippen LogP contribution in [0.15, 0.2) is 34.1 Å². The van der Waals surface area contributed by atoms with Crippen LogP contribution in [0.1, 0.15) is 25.3 Å². The molecule has 9 heteroatoms. The van der Waals surface area contributed by atoms with E-state index in [0.29, 0.717) is 59.1 Å². The summed E-state index contributed by atoms with van der Waals surface area (Å²) in [4.78, 5) is 35.0. The van der Waals surface area contributed by atoms with Gasteiger partial charge in [-0.15, -0.1) is 0 Å². The van der Waals surface area contributed by atoms with Gasteiger partial charge in [-0.1, -0.05) is 43.4 Å². The van der Waals surface area contributed by atoms with E-state index in [9.17, 15) is 9.59 Å². The number of morpholine rings is 1. The molecule has 0 bridgehead atoms. The standard InChI is InChI=1S/C20H22N4O3S2/c1-2-3-7-24-19(26)15(29-20(24)28)13-14-17(22-9-11-27-12-10-22)21-16-6-4-5-8-23(16)18(14)25/h4-6,8,13H,2-3,7,9-12H2,1H3/b15-13+. The predicted molar refractivity (Wildman–Crippen MR) is 119 cm³/mol. The number of hydrogen-bond donors (Lipinski definition) is 0. The number of amides is 1. The maximum absolute atomic E-state index is 13.3. The Balaban J connectivity index is 1.81. The number of unbranched alkanes of at least 4 members (excludes halogenated alkanes) is 1. The first kappa shape index (κ1) is 20.1. The van der Waals surface area contributed by atoms with Crippen molar-refractivity contribution < 1.29 is 9.53 Å². The number of hydrogen-bond acceptors (Lipinski definition) is 7. The van der Waals surface area contributed by atoms with Crippen LogP contribution in [0, 0.1) is 0 Å². The lowest BCUT2D eigenvalue weighted by Crippen LogP contribution is -2.38. The van der Waals surface area contributed by atoms with Gasteiger partial charge in [0.2, 0.25) is 0 Å². The van der Waals surface area contributed by atoms with Crippen molar-refractivity contribution in [3.05, 3.63) is 45.2 Å². The molecule has 2 aromatic rings. The monoisotopic (exact) mass is 430 g/mol. The lowest BCUT2D eigenvalue weighted by Gasteiger charge is -2.29. The summed E-state index contributed by atoms with van der Waals surface area (Å²) in [6.45, 7) is 5.12. The first-order chi connectivity index (χ1) is 14.1. The largest absolute Gasteiger partial charge is 0.378 e. The highest BCUT2D eigenvalue weighted by atomic mass is 32.2. The van der Waals surface area contributed by atoms with E-state index in [1.54, 1.807) is 29.3 Å². The minimum Gasteiger partial charge on any atom is -0.378 e. The van der Waals surface area contributed by atoms with Crippen molar-refractivity contribution in [3.8, 4) is 0 Å². The Labute approximate surface area is 178 Å². The number of carbonyl (C=O) groups is 1. The molecule has 152 valence electrons. The Morgan fingerprint density at radius 1 is 1.28 bits per heavy atom. The van der Waals surface area contributed by atoms with Gasteiger partial charge < -0.3 is 9.64 Å². The van der Waals surface area contributed by atoms with Crippen molar-refractivity contribution in [1.82, 2.24) is 14.3 Å². The second kappa shape index (κ2) is 8.64. The van der Waals surface area contributed by atoms with Gasteiger partial charge in [0.1, 0.15) is 15.8 Å². The Bertz CT molecular complexity index is 1040. The number of nitrogens with zero attached hydrogens (tertiary/aromatic N) is 4. The van der Waals surface area contributed by atoms with Gasteiger partial charge in [-0.25, -0.2) is 4.98 Å². The normalized spacial score (nSPS) is 19.0. The van der Waals surface area contributed by atoms with E-state index < -0.39 is 0 Å². The van der Waals surface area contributed by atoms with E-state index in [1.165, 1.54) is 16.2 Å². The molecule has 0 N–H and O–H groups in total. The fourth-order valence-corrected chi connectivity index (χ4v) is 4.66. The highest BCUT2D eigenvalue weighted by molar-refractivity contribution is 8.26. The number of fused-ring (bicyclic) bond motifs is 1. The van der Waals surface area contributed by atoms with Gasteiger partial charge in [0.05, 0.1) is 23.7 Å². The summed E-state index contributed by atoms with van der Waals surface area (Å²) in [6, 6.07) is 5.45. The van der Waals surface area contributed by atoms with Crippen molar-refractivity contribution in [2.45, 2.75) is 19.8 Å². The topological polar surface area (TPSA) is 67.2 Å². The lowest BCUT2D eigenvalue weighted by atomic mass is 10.2. The molecular formula is C20H22N4O3S2. The zero-order valence-electron chi connectivity index (χ0n) is 16.2. The summed E-state index contributed by atoms with van der Waals surface area (Å²) in [5, 5.41) is 0. The van der Waals surface area contributed by atoms with Gasteiger partial charge in [-0.2, -0.15) is 0 Å². The summed E-state index contributed by atoms with van der Waals surface area (Å²) in [5.74, 6) is 0.447. The molecule has 7 nitrogen and oxygen atoms in total. The molecule has 0 aliphatic carbocycles. The van der Waals surface area contributed by atoms with Crippen molar-refractivity contribution >= 4 is 51.7 Å². The molecule has 0 unspecified atom stereocenters. The summed E-state index contributed by atoms with van der Waals surface area (Å²) in [6.07, 6.45) is 5.22. The Hall–Kier alpha value is -2.23. The Kier molecular flexibility index (Phi) is 5.98. The first-order valence-electron chi connectivity index (χ1n) is 9.69. The number of anilines is 1. The number of ether oxygens (including phenoxy) is 1. The molecule has 0 aromatic carbocycles. The molecule has 29 heavy (non-hydrogen) atoms. The van der Waals surface area contributed by atoms with Gasteiger partial charge in [0.15, 0.2) is 0 Å². The van der Waals surface area contributed by atoms with Crippen molar-refractivity contribution in [2.24, 2.45) is 0 Å². The first-order valence-corrected chi connectivity index (χ1v) is 10.9. The van der Waals surface area contributed by atoms with Crippen LogP contribution in [0.3, 0.4) is 0 Å². The summed E-state index contributed by atoms with van der Waals surface area (Å²) in [5.41, 5.74) is 0.786. The van der Waals surface area contributed by atoms with Gasteiger partial charge in [0, 0.05) is 25.8 Å². The zero-order chi connectivity index (χ0) is 20.4. The zero-order valence-corrected chi connectivity index (χ0v) is 17.8. The summed E-state index contributed by atoms with van der Waals surface area (Å²) < 4.78 is 7.49. The third-order valence-electron chi connectivity index (χ3n) is 4.94. The molecule has 2 aliphatic heterocycles. The van der Waals surface area contributed by atoms with Crippen molar-refractivity contribution in [1.29, 1.82) is 0 Å². The molecule has 4 rings (SSSR count). The third-order valence-corrected chi connectivity index (χ3v) is 6.32. The second-order valence-electron chi connectivity index (χ2n) is 6.87. The number of thioether (sulfide) groups is 1. The highest BCUT2D eigenvalue weighted by Crippen LogP contribution is 2.33. The Morgan fingerprint density at radius 2 is 2.07 bits per heavy atom. The number of pyridine rings is 1. The number of carbonyl (C=O) groups excluding carboxylic acids is 1. The van der Waals surface area contributed by atoms with Gasteiger partial charge in [-0.05, 0) is 24.6 Å². The maximum atomic E-state index is 13.3. The van der Waals surface area contributed by atoms with E-state index in [4.69, 9.17) is 21.9 Å². The predicted octanol–water partition coefficient (Wildman–Crippen LogP) is 2.53. The SMILES string of the molecule is CCCCN1C(=O)/C(=C\c2c(N3CCOCC3)nc3ccccn3c2=O)SC1=S. The van der Waals surface area contributed by atoms with Gasteiger partial charge >= 0.3 is 0 Å². The smallest absolute Gasteiger partial charge is 0.267 e. The van der Waals surface area contributed by atoms with Crippen molar-refractivity contribution in [3.63, 3.8) is 0 Å². The molecular weight excluding hydrogens is 408 g/mol. The quantitative estimate of drug-likeness (QED) is 0.533. The maximum Gasteiger partial charge on any atom is 0.267 e. The summed E-state index contributed by atoms with van der Waals surface area (Å²) >= 11 is 6.64. The van der Waals surface area contributed by atoms with Crippen LogP contribution in [0.5, 0.6) is 0 Å². The van der Waals surface area contributed by atoms with Gasteiger partial charge in [0.25, 0.3) is 11.5 Å². The van der Waals surface area contributed by atoms with Crippen LogP contribution in [-0.4, -0.2) is 57.4 Å². The molecule has 0 spiro atoms. The molecule has 0 saturated carbocycles.